The minimum Gasteiger partial charge on any atom is -0.436 e. The van der Waals surface area contributed by atoms with Gasteiger partial charge in [0, 0.05) is 14.7 Å². The Hall–Kier alpha value is -2.38. The zero-order valence-corrected chi connectivity index (χ0v) is 17.2. The molecule has 0 aliphatic rings. The summed E-state index contributed by atoms with van der Waals surface area (Å²) in [5.41, 5.74) is 4.45. The Morgan fingerprint density at radius 1 is 1.11 bits per heavy atom. The number of carbonyl (C=O) groups is 1. The largest absolute Gasteiger partial charge is 0.436 e. The number of halogens is 2. The van der Waals surface area contributed by atoms with E-state index in [0.29, 0.717) is 22.2 Å². The monoisotopic (exact) mass is 488 g/mol. The molecule has 0 spiro atoms. The molecule has 1 heterocycles. The van der Waals surface area contributed by atoms with Crippen molar-refractivity contribution in [1.29, 1.82) is 0 Å². The van der Waals surface area contributed by atoms with Crippen molar-refractivity contribution < 1.29 is 9.21 Å². The molecule has 0 saturated heterocycles. The molecule has 4 nitrogen and oxygen atoms in total. The van der Waals surface area contributed by atoms with Gasteiger partial charge in [0.2, 0.25) is 5.89 Å². The lowest BCUT2D eigenvalue weighted by molar-refractivity contribution is 0.102. The lowest BCUT2D eigenvalue weighted by Gasteiger charge is -2.09. The number of aryl methyl sites for hydroxylation is 1. The molecular weight excluding hydrogens is 475 g/mol. The number of oxazole rings is 1. The molecule has 0 unspecified atom stereocenters. The molecule has 0 aliphatic heterocycles. The van der Waals surface area contributed by atoms with E-state index < -0.39 is 0 Å². The summed E-state index contributed by atoms with van der Waals surface area (Å²) in [6, 6.07) is 18.5. The van der Waals surface area contributed by atoms with E-state index in [4.69, 9.17) is 16.0 Å². The number of nitrogens with zero attached hydrogens (tertiary/aromatic N) is 1. The predicted octanol–water partition coefficient (Wildman–Crippen LogP) is 6.31. The molecule has 0 aliphatic carbocycles. The van der Waals surface area contributed by atoms with Crippen LogP contribution in [0.15, 0.2) is 65.1 Å². The van der Waals surface area contributed by atoms with E-state index in [1.807, 2.05) is 49.4 Å². The number of benzene rings is 3. The Kier molecular flexibility index (Phi) is 4.88. The Balaban J connectivity index is 1.67. The molecule has 0 saturated carbocycles. The van der Waals surface area contributed by atoms with Crippen molar-refractivity contribution in [3.63, 3.8) is 0 Å². The molecule has 0 bridgehead atoms. The smallest absolute Gasteiger partial charge is 0.255 e. The second-order valence-electron chi connectivity index (χ2n) is 6.15. The van der Waals surface area contributed by atoms with Crippen molar-refractivity contribution in [2.24, 2.45) is 0 Å². The van der Waals surface area contributed by atoms with Crippen LogP contribution in [-0.2, 0) is 0 Å². The van der Waals surface area contributed by atoms with E-state index in [-0.39, 0.29) is 5.91 Å². The van der Waals surface area contributed by atoms with Gasteiger partial charge in [-0.25, -0.2) is 4.98 Å². The molecule has 4 aromatic rings. The molecule has 0 radical (unpaired) electrons. The van der Waals surface area contributed by atoms with Crippen molar-refractivity contribution in [2.45, 2.75) is 6.92 Å². The van der Waals surface area contributed by atoms with Crippen LogP contribution in [0.25, 0.3) is 22.6 Å². The van der Waals surface area contributed by atoms with Gasteiger partial charge in [0.25, 0.3) is 5.91 Å². The lowest BCUT2D eigenvalue weighted by Crippen LogP contribution is -2.12. The third kappa shape index (κ3) is 3.84. The Bertz CT molecular complexity index is 1170. The summed E-state index contributed by atoms with van der Waals surface area (Å²) in [7, 11) is 0. The quantitative estimate of drug-likeness (QED) is 0.344. The highest BCUT2D eigenvalue weighted by molar-refractivity contribution is 14.1. The van der Waals surface area contributed by atoms with Crippen molar-refractivity contribution >= 4 is 56.9 Å². The summed E-state index contributed by atoms with van der Waals surface area (Å²) in [5.74, 6) is 0.262. The standard InChI is InChI=1S/C21H14ClIN2O2/c1-12-5-8-19-18(9-12)25-21(27-19)14-6-7-16(22)17(11-14)24-20(26)13-3-2-4-15(23)10-13/h2-11H,1H3,(H,24,26). The van der Waals surface area contributed by atoms with Crippen LogP contribution in [0.2, 0.25) is 5.02 Å². The fourth-order valence-electron chi connectivity index (χ4n) is 2.74. The van der Waals surface area contributed by atoms with Crippen LogP contribution in [0, 0.1) is 10.5 Å². The molecule has 1 N–H and O–H groups in total. The highest BCUT2D eigenvalue weighted by atomic mass is 127. The summed E-state index contributed by atoms with van der Waals surface area (Å²) in [6.45, 7) is 2.01. The van der Waals surface area contributed by atoms with Gasteiger partial charge in [0.05, 0.1) is 10.7 Å². The van der Waals surface area contributed by atoms with Gasteiger partial charge in [-0.15, -0.1) is 0 Å². The number of anilines is 1. The third-order valence-corrected chi connectivity index (χ3v) is 5.09. The maximum absolute atomic E-state index is 12.5. The molecule has 134 valence electrons. The van der Waals surface area contributed by atoms with E-state index in [9.17, 15) is 4.79 Å². The van der Waals surface area contributed by atoms with Crippen molar-refractivity contribution in [1.82, 2.24) is 4.98 Å². The Labute approximate surface area is 174 Å². The van der Waals surface area contributed by atoms with Crippen LogP contribution in [0.5, 0.6) is 0 Å². The zero-order valence-electron chi connectivity index (χ0n) is 14.3. The van der Waals surface area contributed by atoms with E-state index >= 15 is 0 Å². The summed E-state index contributed by atoms with van der Waals surface area (Å²) in [4.78, 5) is 17.1. The van der Waals surface area contributed by atoms with Gasteiger partial charge in [-0.1, -0.05) is 23.7 Å². The Morgan fingerprint density at radius 3 is 2.78 bits per heavy atom. The van der Waals surface area contributed by atoms with Crippen LogP contribution in [0.1, 0.15) is 15.9 Å². The van der Waals surface area contributed by atoms with Gasteiger partial charge >= 0.3 is 0 Å². The summed E-state index contributed by atoms with van der Waals surface area (Å²) in [6.07, 6.45) is 0. The van der Waals surface area contributed by atoms with E-state index in [1.54, 1.807) is 18.2 Å². The molecule has 1 amide bonds. The first-order valence-corrected chi connectivity index (χ1v) is 9.69. The van der Waals surface area contributed by atoms with Crippen LogP contribution in [-0.4, -0.2) is 10.9 Å². The molecule has 1 aromatic heterocycles. The number of hydrogen-bond donors (Lipinski definition) is 1. The maximum atomic E-state index is 12.5. The molecular formula is C21H14ClIN2O2. The first-order valence-electron chi connectivity index (χ1n) is 8.23. The zero-order chi connectivity index (χ0) is 19.0. The molecule has 0 fully saturated rings. The number of rotatable bonds is 3. The van der Waals surface area contributed by atoms with E-state index in [0.717, 1.165) is 25.8 Å². The van der Waals surface area contributed by atoms with Crippen LogP contribution in [0.3, 0.4) is 0 Å². The van der Waals surface area contributed by atoms with Gasteiger partial charge in [0.1, 0.15) is 5.52 Å². The van der Waals surface area contributed by atoms with Gasteiger partial charge in [0.15, 0.2) is 5.58 Å². The SMILES string of the molecule is Cc1ccc2oc(-c3ccc(Cl)c(NC(=O)c4cccc(I)c4)c3)nc2c1. The van der Waals surface area contributed by atoms with Gasteiger partial charge < -0.3 is 9.73 Å². The molecule has 27 heavy (non-hydrogen) atoms. The van der Waals surface area contributed by atoms with Crippen molar-refractivity contribution in [2.75, 3.05) is 5.32 Å². The topological polar surface area (TPSA) is 55.1 Å². The summed E-state index contributed by atoms with van der Waals surface area (Å²) >= 11 is 8.45. The molecule has 0 atom stereocenters. The molecule has 3 aromatic carbocycles. The highest BCUT2D eigenvalue weighted by Gasteiger charge is 2.13. The van der Waals surface area contributed by atoms with Crippen molar-refractivity contribution in [3.05, 3.63) is 80.4 Å². The first-order chi connectivity index (χ1) is 13.0. The van der Waals surface area contributed by atoms with E-state index in [1.165, 1.54) is 0 Å². The molecule has 4 rings (SSSR count). The average Bonchev–Trinajstić information content (AvgIpc) is 3.06. The summed E-state index contributed by atoms with van der Waals surface area (Å²) < 4.78 is 6.83. The van der Waals surface area contributed by atoms with Gasteiger partial charge in [-0.05, 0) is 83.6 Å². The number of aromatic nitrogens is 1. The first kappa shape index (κ1) is 18.0. The third-order valence-electron chi connectivity index (χ3n) is 4.09. The minimum atomic E-state index is -0.222. The predicted molar refractivity (Wildman–Crippen MR) is 116 cm³/mol. The van der Waals surface area contributed by atoms with Crippen LogP contribution >= 0.6 is 34.2 Å². The van der Waals surface area contributed by atoms with Gasteiger partial charge in [-0.3, -0.25) is 4.79 Å². The number of hydrogen-bond acceptors (Lipinski definition) is 3. The fraction of sp³-hybridized carbons (Fsp3) is 0.0476. The minimum absolute atomic E-state index is 0.222. The number of carbonyl (C=O) groups excluding carboxylic acids is 1. The normalized spacial score (nSPS) is 10.9. The van der Waals surface area contributed by atoms with Crippen LogP contribution in [0.4, 0.5) is 5.69 Å². The summed E-state index contributed by atoms with van der Waals surface area (Å²) in [5, 5.41) is 3.31. The fourth-order valence-corrected chi connectivity index (χ4v) is 3.45. The Morgan fingerprint density at radius 2 is 1.96 bits per heavy atom. The lowest BCUT2D eigenvalue weighted by atomic mass is 10.1. The average molecular weight is 489 g/mol. The highest BCUT2D eigenvalue weighted by Crippen LogP contribution is 2.31. The number of fused-ring (bicyclic) bond motifs is 1. The number of amides is 1. The van der Waals surface area contributed by atoms with Gasteiger partial charge in [-0.2, -0.15) is 0 Å². The van der Waals surface area contributed by atoms with E-state index in [2.05, 4.69) is 32.9 Å². The second-order valence-corrected chi connectivity index (χ2v) is 7.80. The molecule has 6 heteroatoms. The van der Waals surface area contributed by atoms with Crippen LogP contribution < -0.4 is 5.32 Å². The number of nitrogens with one attached hydrogen (secondary N) is 1. The second kappa shape index (κ2) is 7.32. The maximum Gasteiger partial charge on any atom is 0.255 e. The van der Waals surface area contributed by atoms with Crippen molar-refractivity contribution in [3.8, 4) is 11.5 Å².